The molecule has 0 aromatic rings. The minimum absolute atomic E-state index is 0.880. The van der Waals surface area contributed by atoms with E-state index in [0.29, 0.717) is 0 Å². The Kier molecular flexibility index (Phi) is 3.39. The van der Waals surface area contributed by atoms with Gasteiger partial charge in [-0.05, 0) is 25.2 Å². The molecule has 13 heavy (non-hydrogen) atoms. The van der Waals surface area contributed by atoms with Crippen molar-refractivity contribution in [1.82, 2.24) is 0 Å². The van der Waals surface area contributed by atoms with Crippen LogP contribution in [-0.2, 0) is 0 Å². The van der Waals surface area contributed by atoms with E-state index in [9.17, 15) is 0 Å². The number of rotatable bonds is 1. The van der Waals surface area contributed by atoms with Crippen LogP contribution in [0.15, 0.2) is 0 Å². The summed E-state index contributed by atoms with van der Waals surface area (Å²) in [6, 6.07) is 0.880. The van der Waals surface area contributed by atoms with Crippen molar-refractivity contribution in [2.45, 2.75) is 45.6 Å². The summed E-state index contributed by atoms with van der Waals surface area (Å²) in [6.45, 7) is 4.84. The van der Waals surface area contributed by atoms with Gasteiger partial charge in [-0.2, -0.15) is 0 Å². The molecule has 0 bridgehead atoms. The molecule has 0 saturated heterocycles. The predicted octanol–water partition coefficient (Wildman–Crippen LogP) is 2.91. The lowest BCUT2D eigenvalue weighted by Crippen LogP contribution is -2.48. The second kappa shape index (κ2) is 4.00. The molecule has 1 rings (SSSR count). The first-order valence-electron chi connectivity index (χ1n) is 5.72. The Labute approximate surface area is 83.7 Å². The Hall–Kier alpha value is -0.0400. The molecule has 0 radical (unpaired) electrons. The highest BCUT2D eigenvalue weighted by Crippen LogP contribution is 2.31. The third-order valence-electron chi connectivity index (χ3n) is 3.72. The maximum Gasteiger partial charge on any atom is 0.0910 e. The molecule has 0 N–H and O–H groups in total. The van der Waals surface area contributed by atoms with E-state index in [0.717, 1.165) is 22.4 Å². The average Bonchev–Trinajstić information content (AvgIpc) is 2.12. The lowest BCUT2D eigenvalue weighted by molar-refractivity contribution is -0.900. The summed E-state index contributed by atoms with van der Waals surface area (Å²) in [7, 11) is 7.03. The topological polar surface area (TPSA) is 0 Å². The summed E-state index contributed by atoms with van der Waals surface area (Å²) >= 11 is 0. The van der Waals surface area contributed by atoms with Gasteiger partial charge in [0.15, 0.2) is 0 Å². The smallest absolute Gasteiger partial charge is 0.0910 e. The van der Waals surface area contributed by atoms with Crippen molar-refractivity contribution in [2.24, 2.45) is 11.8 Å². The van der Waals surface area contributed by atoms with Crippen molar-refractivity contribution in [3.05, 3.63) is 0 Å². The van der Waals surface area contributed by atoms with Gasteiger partial charge in [0.05, 0.1) is 27.2 Å². The lowest BCUT2D eigenvalue weighted by atomic mass is 9.95. The van der Waals surface area contributed by atoms with E-state index in [4.69, 9.17) is 0 Å². The summed E-state index contributed by atoms with van der Waals surface area (Å²) in [6.07, 6.45) is 5.73. The normalized spacial score (nSPS) is 37.2. The molecular formula is C12H26N+. The van der Waals surface area contributed by atoms with Gasteiger partial charge in [0, 0.05) is 5.92 Å². The minimum Gasteiger partial charge on any atom is -0.328 e. The van der Waals surface area contributed by atoms with Crippen LogP contribution in [0.3, 0.4) is 0 Å². The highest BCUT2D eigenvalue weighted by molar-refractivity contribution is 4.73. The molecule has 0 aromatic carbocycles. The molecule has 1 aliphatic rings. The Morgan fingerprint density at radius 3 is 1.92 bits per heavy atom. The van der Waals surface area contributed by atoms with Crippen molar-refractivity contribution < 1.29 is 4.48 Å². The fourth-order valence-corrected chi connectivity index (χ4v) is 2.77. The Balaban J connectivity index is 2.62. The van der Waals surface area contributed by atoms with Gasteiger partial charge in [-0.15, -0.1) is 0 Å². The molecule has 3 unspecified atom stereocenters. The SMILES string of the molecule is CC1CCC(C)C([N+](C)(C)C)CC1. The van der Waals surface area contributed by atoms with Crippen molar-refractivity contribution in [3.63, 3.8) is 0 Å². The van der Waals surface area contributed by atoms with Crippen molar-refractivity contribution in [2.75, 3.05) is 21.1 Å². The molecule has 0 aliphatic heterocycles. The van der Waals surface area contributed by atoms with Crippen LogP contribution in [-0.4, -0.2) is 31.7 Å². The molecule has 78 valence electrons. The van der Waals surface area contributed by atoms with E-state index in [2.05, 4.69) is 35.0 Å². The third-order valence-corrected chi connectivity index (χ3v) is 3.72. The second-order valence-electron chi connectivity index (χ2n) is 5.92. The average molecular weight is 184 g/mol. The Bertz CT molecular complexity index is 157. The van der Waals surface area contributed by atoms with Crippen LogP contribution in [0.5, 0.6) is 0 Å². The maximum atomic E-state index is 2.44. The van der Waals surface area contributed by atoms with E-state index in [1.165, 1.54) is 25.7 Å². The molecule has 1 fully saturated rings. The standard InChI is InChI=1S/C12H26N/c1-10-6-8-11(2)12(9-7-10)13(3,4)5/h10-12H,6-9H2,1-5H3/q+1. The first kappa shape index (κ1) is 11.0. The van der Waals surface area contributed by atoms with Crippen LogP contribution in [0.1, 0.15) is 39.5 Å². The number of hydrogen-bond acceptors (Lipinski definition) is 0. The van der Waals surface area contributed by atoms with Gasteiger partial charge in [0.2, 0.25) is 0 Å². The van der Waals surface area contributed by atoms with Gasteiger partial charge >= 0.3 is 0 Å². The predicted molar refractivity (Wildman–Crippen MR) is 58.6 cm³/mol. The molecule has 1 saturated carbocycles. The zero-order valence-electron chi connectivity index (χ0n) is 10.0. The molecule has 0 aromatic heterocycles. The van der Waals surface area contributed by atoms with Crippen LogP contribution in [0, 0.1) is 11.8 Å². The van der Waals surface area contributed by atoms with E-state index in [1.807, 2.05) is 0 Å². The number of hydrogen-bond donors (Lipinski definition) is 0. The van der Waals surface area contributed by atoms with Crippen LogP contribution in [0.25, 0.3) is 0 Å². The lowest BCUT2D eigenvalue weighted by Gasteiger charge is -2.37. The van der Waals surface area contributed by atoms with Crippen LogP contribution in [0.2, 0.25) is 0 Å². The van der Waals surface area contributed by atoms with Gasteiger partial charge in [-0.3, -0.25) is 0 Å². The Morgan fingerprint density at radius 1 is 0.846 bits per heavy atom. The van der Waals surface area contributed by atoms with Gasteiger partial charge in [-0.1, -0.05) is 20.3 Å². The monoisotopic (exact) mass is 184 g/mol. The van der Waals surface area contributed by atoms with Crippen molar-refractivity contribution >= 4 is 0 Å². The molecule has 0 heterocycles. The summed E-state index contributed by atoms with van der Waals surface area (Å²) in [4.78, 5) is 0. The van der Waals surface area contributed by atoms with E-state index >= 15 is 0 Å². The third kappa shape index (κ3) is 2.98. The van der Waals surface area contributed by atoms with E-state index in [-0.39, 0.29) is 0 Å². The first-order chi connectivity index (χ1) is 5.91. The maximum absolute atomic E-state index is 2.44. The van der Waals surface area contributed by atoms with Crippen LogP contribution < -0.4 is 0 Å². The van der Waals surface area contributed by atoms with Crippen LogP contribution >= 0.6 is 0 Å². The number of nitrogens with zero attached hydrogens (tertiary/aromatic N) is 1. The van der Waals surface area contributed by atoms with E-state index < -0.39 is 0 Å². The van der Waals surface area contributed by atoms with Crippen molar-refractivity contribution in [3.8, 4) is 0 Å². The highest BCUT2D eigenvalue weighted by Gasteiger charge is 2.31. The second-order valence-corrected chi connectivity index (χ2v) is 5.92. The summed E-state index contributed by atoms with van der Waals surface area (Å²) in [5, 5.41) is 0. The largest absolute Gasteiger partial charge is 0.328 e. The summed E-state index contributed by atoms with van der Waals surface area (Å²) in [5.41, 5.74) is 0. The molecule has 1 aliphatic carbocycles. The van der Waals surface area contributed by atoms with Gasteiger partial charge in [0.1, 0.15) is 0 Å². The highest BCUT2D eigenvalue weighted by atomic mass is 15.3. The molecule has 1 nitrogen and oxygen atoms in total. The number of quaternary nitrogens is 1. The van der Waals surface area contributed by atoms with Gasteiger partial charge in [-0.25, -0.2) is 0 Å². The quantitative estimate of drug-likeness (QED) is 0.434. The minimum atomic E-state index is 0.880. The zero-order valence-corrected chi connectivity index (χ0v) is 10.0. The van der Waals surface area contributed by atoms with Gasteiger partial charge < -0.3 is 4.48 Å². The fraction of sp³-hybridized carbons (Fsp3) is 1.00. The van der Waals surface area contributed by atoms with Crippen LogP contribution in [0.4, 0.5) is 0 Å². The first-order valence-corrected chi connectivity index (χ1v) is 5.72. The summed E-state index contributed by atoms with van der Waals surface area (Å²) in [5.74, 6) is 1.86. The summed E-state index contributed by atoms with van der Waals surface area (Å²) < 4.78 is 1.15. The van der Waals surface area contributed by atoms with Gasteiger partial charge in [0.25, 0.3) is 0 Å². The molecule has 3 atom stereocenters. The Morgan fingerprint density at radius 2 is 1.38 bits per heavy atom. The molecule has 0 amide bonds. The fourth-order valence-electron chi connectivity index (χ4n) is 2.77. The zero-order chi connectivity index (χ0) is 10.1. The van der Waals surface area contributed by atoms with Crippen molar-refractivity contribution in [1.29, 1.82) is 0 Å². The van der Waals surface area contributed by atoms with E-state index in [1.54, 1.807) is 0 Å². The molecule has 1 heteroatoms. The molecule has 0 spiro atoms. The molecular weight excluding hydrogens is 158 g/mol.